The van der Waals surface area contributed by atoms with Crippen LogP contribution in [-0.2, 0) is 35.8 Å². The molecule has 0 atom stereocenters. The quantitative estimate of drug-likeness (QED) is 0.396. The lowest BCUT2D eigenvalue weighted by molar-refractivity contribution is -0.0125. The fraction of sp³-hybridized carbons (Fsp3) is 0.385. The van der Waals surface area contributed by atoms with Gasteiger partial charge < -0.3 is 14.2 Å². The average Bonchev–Trinajstić information content (AvgIpc) is 3.31. The maximum absolute atomic E-state index is 14.4. The molecule has 2 heterocycles. The number of imidazole rings is 1. The number of aromatic carboxylic acids is 1. The van der Waals surface area contributed by atoms with Crippen LogP contribution in [-0.4, -0.2) is 51.5 Å². The van der Waals surface area contributed by atoms with Crippen molar-refractivity contribution >= 4 is 37.7 Å². The van der Waals surface area contributed by atoms with E-state index in [1.807, 2.05) is 25.1 Å². The van der Waals surface area contributed by atoms with E-state index in [9.17, 15) is 27.1 Å². The summed E-state index contributed by atoms with van der Waals surface area (Å²) < 4.78 is 56.6. The number of hydrogen-bond donors (Lipinski definition) is 1. The molecule has 0 spiro atoms. The predicted octanol–water partition coefficient (Wildman–Crippen LogP) is 4.85. The second kappa shape index (κ2) is 8.40. The van der Waals surface area contributed by atoms with Crippen molar-refractivity contribution in [1.29, 1.82) is 0 Å². The number of benzene rings is 2. The Morgan fingerprint density at radius 3 is 2.56 bits per heavy atom. The molecule has 0 unspecified atom stereocenters. The molecule has 4 aromatic rings. The van der Waals surface area contributed by atoms with Crippen LogP contribution in [0.15, 0.2) is 30.3 Å². The highest BCUT2D eigenvalue weighted by atomic mass is 32.2. The van der Waals surface area contributed by atoms with Gasteiger partial charge in [-0.2, -0.15) is 0 Å². The van der Waals surface area contributed by atoms with Crippen LogP contribution in [0.4, 0.5) is 8.78 Å². The topological polar surface area (TPSA) is 94.2 Å². The molecule has 0 saturated heterocycles. The molecule has 0 aliphatic heterocycles. The van der Waals surface area contributed by atoms with E-state index in [1.165, 1.54) is 6.07 Å². The minimum Gasteiger partial charge on any atom is -0.478 e. The summed E-state index contributed by atoms with van der Waals surface area (Å²) in [5.41, 5.74) is 4.81. The molecular weight excluding hydrogens is 488 g/mol. The van der Waals surface area contributed by atoms with Gasteiger partial charge in [0, 0.05) is 54.3 Å². The molecule has 2 aromatic heterocycles. The fourth-order valence-electron chi connectivity index (χ4n) is 5.37. The lowest BCUT2D eigenvalue weighted by Crippen LogP contribution is -2.26. The van der Waals surface area contributed by atoms with E-state index in [1.54, 1.807) is 17.6 Å². The summed E-state index contributed by atoms with van der Waals surface area (Å²) in [4.78, 5) is 16.4. The van der Waals surface area contributed by atoms with Gasteiger partial charge in [-0.15, -0.1) is 0 Å². The molecule has 0 fully saturated rings. The number of aromatic nitrogens is 3. The van der Waals surface area contributed by atoms with E-state index in [4.69, 9.17) is 4.98 Å². The average molecular weight is 516 g/mol. The molecule has 36 heavy (non-hydrogen) atoms. The van der Waals surface area contributed by atoms with Gasteiger partial charge in [-0.05, 0) is 61.7 Å². The van der Waals surface area contributed by atoms with E-state index in [-0.39, 0.29) is 30.7 Å². The molecule has 2 aromatic carbocycles. The first-order chi connectivity index (χ1) is 16.9. The van der Waals surface area contributed by atoms with Crippen molar-refractivity contribution in [1.82, 2.24) is 14.1 Å². The SMILES string of the molecule is CCn1c2c(c3cc(-c4nc5c(C)c(C(=O)O)ccc5n4CCS(C)(=O)=O)ccc31)CC(F)(F)CC2. The van der Waals surface area contributed by atoms with Crippen molar-refractivity contribution < 1.29 is 27.1 Å². The summed E-state index contributed by atoms with van der Waals surface area (Å²) in [5.74, 6) is -3.48. The molecule has 10 heteroatoms. The van der Waals surface area contributed by atoms with Crippen LogP contribution < -0.4 is 0 Å². The third-order valence-corrected chi connectivity index (χ3v) is 8.04. The zero-order valence-corrected chi connectivity index (χ0v) is 21.1. The maximum atomic E-state index is 14.4. The number of carboxylic acid groups (broad SMARTS) is 1. The highest BCUT2D eigenvalue weighted by Gasteiger charge is 2.37. The van der Waals surface area contributed by atoms with E-state index in [0.29, 0.717) is 46.5 Å². The summed E-state index contributed by atoms with van der Waals surface area (Å²) in [7, 11) is -3.29. The van der Waals surface area contributed by atoms with Crippen LogP contribution in [0.25, 0.3) is 33.3 Å². The summed E-state index contributed by atoms with van der Waals surface area (Å²) in [5, 5.41) is 10.3. The van der Waals surface area contributed by atoms with Gasteiger partial charge in [0.25, 0.3) is 5.92 Å². The summed E-state index contributed by atoms with van der Waals surface area (Å²) in [6.07, 6.45) is 0.978. The van der Waals surface area contributed by atoms with Gasteiger partial charge in [-0.1, -0.05) is 0 Å². The zero-order valence-electron chi connectivity index (χ0n) is 20.3. The minimum absolute atomic E-state index is 0.119. The minimum atomic E-state index is -3.29. The first kappa shape index (κ1) is 24.4. The van der Waals surface area contributed by atoms with Crippen LogP contribution in [0.2, 0.25) is 0 Å². The van der Waals surface area contributed by atoms with Gasteiger partial charge in [0.15, 0.2) is 0 Å². The molecule has 7 nitrogen and oxygen atoms in total. The van der Waals surface area contributed by atoms with Crippen molar-refractivity contribution in [3.05, 3.63) is 52.7 Å². The van der Waals surface area contributed by atoms with Gasteiger partial charge in [0.05, 0.1) is 22.3 Å². The zero-order chi connectivity index (χ0) is 26.0. The van der Waals surface area contributed by atoms with Crippen LogP contribution >= 0.6 is 0 Å². The van der Waals surface area contributed by atoms with Crippen LogP contribution in [0.3, 0.4) is 0 Å². The summed E-state index contributed by atoms with van der Waals surface area (Å²) >= 11 is 0. The number of hydrogen-bond acceptors (Lipinski definition) is 4. The Balaban J connectivity index is 1.75. The largest absolute Gasteiger partial charge is 0.478 e. The summed E-state index contributed by atoms with van der Waals surface area (Å²) in [6.45, 7) is 4.46. The number of rotatable bonds is 6. The van der Waals surface area contributed by atoms with Crippen LogP contribution in [0.5, 0.6) is 0 Å². The van der Waals surface area contributed by atoms with Gasteiger partial charge in [0.1, 0.15) is 15.7 Å². The van der Waals surface area contributed by atoms with Crippen molar-refractivity contribution in [2.24, 2.45) is 0 Å². The standard InChI is InChI=1S/C26H27F2N3O4S/c1-4-30-20-7-5-16(13-18(20)19-14-26(27,28)10-9-21(19)30)24-29-23-15(2)17(25(32)33)6-8-22(23)31(24)11-12-36(3,34)35/h5-8,13H,4,9-12,14H2,1-3H3,(H,32,33). The Morgan fingerprint density at radius 2 is 1.89 bits per heavy atom. The Labute approximate surface area is 207 Å². The fourth-order valence-corrected chi connectivity index (χ4v) is 5.88. The number of aryl methyl sites for hydroxylation is 3. The third kappa shape index (κ3) is 4.07. The lowest BCUT2D eigenvalue weighted by atomic mass is 9.92. The van der Waals surface area contributed by atoms with Crippen molar-refractivity contribution in [3.63, 3.8) is 0 Å². The van der Waals surface area contributed by atoms with E-state index < -0.39 is 21.7 Å². The van der Waals surface area contributed by atoms with Crippen molar-refractivity contribution in [3.8, 4) is 11.4 Å². The lowest BCUT2D eigenvalue weighted by Gasteiger charge is -2.23. The van der Waals surface area contributed by atoms with Gasteiger partial charge in [-0.3, -0.25) is 0 Å². The molecule has 190 valence electrons. The summed E-state index contributed by atoms with van der Waals surface area (Å²) in [6, 6.07) is 8.75. The monoisotopic (exact) mass is 515 g/mol. The Morgan fingerprint density at radius 1 is 1.17 bits per heavy atom. The van der Waals surface area contributed by atoms with Crippen molar-refractivity contribution in [2.75, 3.05) is 12.0 Å². The van der Waals surface area contributed by atoms with E-state index in [2.05, 4.69) is 4.57 Å². The second-order valence-corrected chi connectivity index (χ2v) is 11.8. The van der Waals surface area contributed by atoms with Crippen LogP contribution in [0, 0.1) is 6.92 Å². The molecule has 0 amide bonds. The maximum Gasteiger partial charge on any atom is 0.336 e. The number of carbonyl (C=O) groups is 1. The molecular formula is C26H27F2N3O4S. The normalized spacial score (nSPS) is 15.5. The first-order valence-electron chi connectivity index (χ1n) is 11.8. The second-order valence-electron chi connectivity index (χ2n) is 9.56. The predicted molar refractivity (Wildman–Crippen MR) is 135 cm³/mol. The Kier molecular flexibility index (Phi) is 5.70. The molecule has 1 aliphatic rings. The molecule has 1 aliphatic carbocycles. The highest BCUT2D eigenvalue weighted by molar-refractivity contribution is 7.90. The van der Waals surface area contributed by atoms with Crippen LogP contribution in [0.1, 0.15) is 40.5 Å². The number of alkyl halides is 2. The highest BCUT2D eigenvalue weighted by Crippen LogP contribution is 2.40. The Hall–Kier alpha value is -3.27. The van der Waals surface area contributed by atoms with E-state index in [0.717, 1.165) is 22.9 Å². The molecule has 1 N–H and O–H groups in total. The number of nitrogens with zero attached hydrogens (tertiary/aromatic N) is 3. The number of carboxylic acids is 1. The third-order valence-electron chi connectivity index (χ3n) is 7.11. The smallest absolute Gasteiger partial charge is 0.336 e. The number of fused-ring (bicyclic) bond motifs is 4. The number of halogens is 2. The molecule has 0 saturated carbocycles. The van der Waals surface area contributed by atoms with Gasteiger partial charge >= 0.3 is 5.97 Å². The van der Waals surface area contributed by atoms with Crippen molar-refractivity contribution in [2.45, 2.75) is 52.1 Å². The molecule has 5 rings (SSSR count). The first-order valence-corrected chi connectivity index (χ1v) is 13.9. The Bertz CT molecular complexity index is 1650. The number of sulfone groups is 1. The van der Waals surface area contributed by atoms with E-state index >= 15 is 0 Å². The molecule has 0 radical (unpaired) electrons. The van der Waals surface area contributed by atoms with Gasteiger partial charge in [-0.25, -0.2) is 27.0 Å². The molecule has 0 bridgehead atoms. The van der Waals surface area contributed by atoms with Gasteiger partial charge in [0.2, 0.25) is 0 Å².